The van der Waals surface area contributed by atoms with Crippen molar-refractivity contribution < 1.29 is 0 Å². The molecule has 1 aliphatic heterocycles. The molecule has 0 unspecified atom stereocenters. The third-order valence-electron chi connectivity index (χ3n) is 2.40. The molecule has 1 saturated heterocycles. The number of pyridine rings is 1. The van der Waals surface area contributed by atoms with E-state index in [1.165, 1.54) is 18.4 Å². The highest BCUT2D eigenvalue weighted by molar-refractivity contribution is 9.10. The third-order valence-corrected chi connectivity index (χ3v) is 3.03. The van der Waals surface area contributed by atoms with Gasteiger partial charge in [-0.25, -0.2) is 0 Å². The Morgan fingerprint density at radius 1 is 1.62 bits per heavy atom. The fraction of sp³-hybridized carbons (Fsp3) is 0.500. The van der Waals surface area contributed by atoms with Crippen molar-refractivity contribution in [2.45, 2.75) is 25.8 Å². The van der Waals surface area contributed by atoms with Crippen molar-refractivity contribution in [2.75, 3.05) is 6.54 Å². The molecule has 0 bridgehead atoms. The fourth-order valence-corrected chi connectivity index (χ4v) is 2.46. The predicted octanol–water partition coefficient (Wildman–Crippen LogP) is 2.58. The van der Waals surface area contributed by atoms with E-state index < -0.39 is 0 Å². The molecule has 1 aromatic rings. The summed E-state index contributed by atoms with van der Waals surface area (Å²) in [6.07, 6.45) is 4.39. The lowest BCUT2D eigenvalue weighted by Gasteiger charge is -2.11. The van der Waals surface area contributed by atoms with E-state index in [4.69, 9.17) is 0 Å². The van der Waals surface area contributed by atoms with Crippen molar-refractivity contribution in [3.05, 3.63) is 28.0 Å². The minimum Gasteiger partial charge on any atom is -0.309 e. The minimum atomic E-state index is 0.454. The molecule has 2 nitrogen and oxygen atoms in total. The van der Waals surface area contributed by atoms with Gasteiger partial charge in [0.15, 0.2) is 0 Å². The number of halogens is 1. The fourth-order valence-electron chi connectivity index (χ4n) is 1.72. The molecule has 0 amide bonds. The maximum Gasteiger partial charge on any atom is 0.0715 e. The topological polar surface area (TPSA) is 24.9 Å². The third kappa shape index (κ3) is 1.92. The van der Waals surface area contributed by atoms with Gasteiger partial charge in [0.25, 0.3) is 0 Å². The van der Waals surface area contributed by atoms with Gasteiger partial charge in [-0.15, -0.1) is 0 Å². The van der Waals surface area contributed by atoms with E-state index in [1.54, 1.807) is 0 Å². The number of hydrogen-bond acceptors (Lipinski definition) is 2. The normalized spacial score (nSPS) is 22.2. The highest BCUT2D eigenvalue weighted by Gasteiger charge is 2.19. The van der Waals surface area contributed by atoms with Crippen molar-refractivity contribution in [3.63, 3.8) is 0 Å². The Bertz CT molecular complexity index is 306. The van der Waals surface area contributed by atoms with Crippen molar-refractivity contribution in [3.8, 4) is 0 Å². The summed E-state index contributed by atoms with van der Waals surface area (Å²) in [5.74, 6) is 0. The summed E-state index contributed by atoms with van der Waals surface area (Å²) in [5.41, 5.74) is 2.36. The molecule has 13 heavy (non-hydrogen) atoms. The number of aromatic nitrogens is 1. The summed E-state index contributed by atoms with van der Waals surface area (Å²) in [7, 11) is 0. The lowest BCUT2D eigenvalue weighted by molar-refractivity contribution is 0.624. The van der Waals surface area contributed by atoms with Crippen LogP contribution in [0.15, 0.2) is 16.7 Å². The van der Waals surface area contributed by atoms with Crippen LogP contribution in [-0.4, -0.2) is 11.5 Å². The Morgan fingerprint density at radius 3 is 3.08 bits per heavy atom. The van der Waals surface area contributed by atoms with Crippen LogP contribution in [0.4, 0.5) is 0 Å². The molecule has 0 saturated carbocycles. The largest absolute Gasteiger partial charge is 0.309 e. The van der Waals surface area contributed by atoms with Gasteiger partial charge in [-0.1, -0.05) is 0 Å². The summed E-state index contributed by atoms with van der Waals surface area (Å²) >= 11 is 3.55. The maximum absolute atomic E-state index is 4.45. The molecular formula is C10H13BrN2. The van der Waals surface area contributed by atoms with E-state index in [9.17, 15) is 0 Å². The summed E-state index contributed by atoms with van der Waals surface area (Å²) in [4.78, 5) is 4.45. The lowest BCUT2D eigenvalue weighted by Crippen LogP contribution is -2.14. The monoisotopic (exact) mass is 240 g/mol. The van der Waals surface area contributed by atoms with Crippen LogP contribution in [0.3, 0.4) is 0 Å². The first-order chi connectivity index (χ1) is 6.27. The summed E-state index contributed by atoms with van der Waals surface area (Å²) in [5, 5.41) is 3.44. The second kappa shape index (κ2) is 3.76. The van der Waals surface area contributed by atoms with Crippen LogP contribution in [0.25, 0.3) is 0 Å². The van der Waals surface area contributed by atoms with Crippen LogP contribution in [0, 0.1) is 6.92 Å². The van der Waals surface area contributed by atoms with Crippen LogP contribution in [0.1, 0.15) is 30.1 Å². The number of nitrogens with zero attached hydrogens (tertiary/aromatic N) is 1. The molecular weight excluding hydrogens is 228 g/mol. The average molecular weight is 241 g/mol. The number of aryl methyl sites for hydroxylation is 1. The summed E-state index contributed by atoms with van der Waals surface area (Å²) < 4.78 is 1.13. The molecule has 2 heterocycles. The molecule has 1 atom stereocenters. The Hall–Kier alpha value is -0.410. The second-order valence-corrected chi connectivity index (χ2v) is 4.38. The van der Waals surface area contributed by atoms with Crippen LogP contribution >= 0.6 is 15.9 Å². The Kier molecular flexibility index (Phi) is 2.65. The van der Waals surface area contributed by atoms with Gasteiger partial charge in [0.1, 0.15) is 0 Å². The van der Waals surface area contributed by atoms with Crippen LogP contribution in [0.2, 0.25) is 0 Å². The molecule has 1 fully saturated rings. The summed E-state index contributed by atoms with van der Waals surface area (Å²) in [6.45, 7) is 3.18. The SMILES string of the molecule is Cc1cnc([C@H]2CCCN2)c(Br)c1. The van der Waals surface area contributed by atoms with Crippen molar-refractivity contribution in [1.82, 2.24) is 10.3 Å². The molecule has 0 radical (unpaired) electrons. The zero-order valence-electron chi connectivity index (χ0n) is 7.68. The van der Waals surface area contributed by atoms with Crippen molar-refractivity contribution in [1.29, 1.82) is 0 Å². The van der Waals surface area contributed by atoms with Gasteiger partial charge in [-0.2, -0.15) is 0 Å². The zero-order chi connectivity index (χ0) is 9.26. The Balaban J connectivity index is 2.29. The van der Waals surface area contributed by atoms with Crippen LogP contribution in [-0.2, 0) is 0 Å². The molecule has 0 aliphatic carbocycles. The zero-order valence-corrected chi connectivity index (χ0v) is 9.26. The highest BCUT2D eigenvalue weighted by Crippen LogP contribution is 2.27. The van der Waals surface area contributed by atoms with Gasteiger partial charge in [0.05, 0.1) is 11.7 Å². The van der Waals surface area contributed by atoms with E-state index in [0.717, 1.165) is 16.7 Å². The second-order valence-electron chi connectivity index (χ2n) is 3.53. The van der Waals surface area contributed by atoms with Gasteiger partial charge < -0.3 is 5.32 Å². The average Bonchev–Trinajstić information content (AvgIpc) is 2.56. The molecule has 1 N–H and O–H groups in total. The molecule has 1 aromatic heterocycles. The first-order valence-corrected chi connectivity index (χ1v) is 5.42. The number of nitrogens with one attached hydrogen (secondary N) is 1. The quantitative estimate of drug-likeness (QED) is 0.817. The first kappa shape index (κ1) is 9.16. The van der Waals surface area contributed by atoms with Crippen LogP contribution in [0.5, 0.6) is 0 Å². The summed E-state index contributed by atoms with van der Waals surface area (Å²) in [6, 6.07) is 2.58. The smallest absolute Gasteiger partial charge is 0.0715 e. The lowest BCUT2D eigenvalue weighted by atomic mass is 10.1. The van der Waals surface area contributed by atoms with E-state index in [2.05, 4.69) is 39.2 Å². The molecule has 0 aromatic carbocycles. The molecule has 0 spiro atoms. The molecule has 1 aliphatic rings. The van der Waals surface area contributed by atoms with Gasteiger partial charge in [-0.3, -0.25) is 4.98 Å². The highest BCUT2D eigenvalue weighted by atomic mass is 79.9. The van der Waals surface area contributed by atoms with Gasteiger partial charge >= 0.3 is 0 Å². The molecule has 2 rings (SSSR count). The maximum atomic E-state index is 4.45. The van der Waals surface area contributed by atoms with E-state index in [-0.39, 0.29) is 0 Å². The van der Waals surface area contributed by atoms with Crippen LogP contribution < -0.4 is 5.32 Å². The Morgan fingerprint density at radius 2 is 2.46 bits per heavy atom. The minimum absolute atomic E-state index is 0.454. The van der Waals surface area contributed by atoms with Crippen molar-refractivity contribution in [2.24, 2.45) is 0 Å². The van der Waals surface area contributed by atoms with Gasteiger partial charge in [0.2, 0.25) is 0 Å². The van der Waals surface area contributed by atoms with E-state index >= 15 is 0 Å². The van der Waals surface area contributed by atoms with E-state index in [0.29, 0.717) is 6.04 Å². The van der Waals surface area contributed by atoms with E-state index in [1.807, 2.05) is 6.20 Å². The van der Waals surface area contributed by atoms with Gasteiger partial charge in [-0.05, 0) is 53.9 Å². The number of rotatable bonds is 1. The Labute approximate surface area is 86.9 Å². The first-order valence-electron chi connectivity index (χ1n) is 4.63. The molecule has 3 heteroatoms. The number of hydrogen-bond donors (Lipinski definition) is 1. The van der Waals surface area contributed by atoms with Crippen molar-refractivity contribution >= 4 is 15.9 Å². The molecule has 70 valence electrons. The van der Waals surface area contributed by atoms with Gasteiger partial charge in [0, 0.05) is 10.7 Å². The standard InChI is InChI=1S/C10H13BrN2/c1-7-5-8(11)10(13-6-7)9-3-2-4-12-9/h5-6,9,12H,2-4H2,1H3/t9-/m1/s1. The predicted molar refractivity (Wildman–Crippen MR) is 56.7 cm³/mol.